The van der Waals surface area contributed by atoms with E-state index in [2.05, 4.69) is 5.32 Å². The van der Waals surface area contributed by atoms with Gasteiger partial charge in [-0.2, -0.15) is 0 Å². The average molecular weight is 403 g/mol. The van der Waals surface area contributed by atoms with E-state index in [-0.39, 0.29) is 18.4 Å². The van der Waals surface area contributed by atoms with Crippen molar-refractivity contribution in [1.82, 2.24) is 10.2 Å². The summed E-state index contributed by atoms with van der Waals surface area (Å²) in [4.78, 5) is 27.2. The topological polar surface area (TPSA) is 58.6 Å². The van der Waals surface area contributed by atoms with Crippen LogP contribution in [0.3, 0.4) is 0 Å². The molecule has 28 heavy (non-hydrogen) atoms. The minimum atomic E-state index is -0.548. The van der Waals surface area contributed by atoms with Crippen LogP contribution in [0.2, 0.25) is 5.02 Å². The maximum Gasteiger partial charge on any atom is 0.261 e. The Hall–Kier alpha value is -2.53. The van der Waals surface area contributed by atoms with Crippen LogP contribution in [0.15, 0.2) is 54.6 Å². The Bertz CT molecular complexity index is 750. The van der Waals surface area contributed by atoms with Gasteiger partial charge in [-0.15, -0.1) is 0 Å². The summed E-state index contributed by atoms with van der Waals surface area (Å²) < 4.78 is 5.62. The largest absolute Gasteiger partial charge is 0.484 e. The molecule has 2 aromatic carbocycles. The Morgan fingerprint density at radius 2 is 1.75 bits per heavy atom. The fraction of sp³-hybridized carbons (Fsp3) is 0.364. The first-order chi connectivity index (χ1) is 13.5. The van der Waals surface area contributed by atoms with E-state index in [0.717, 1.165) is 12.0 Å². The lowest BCUT2D eigenvalue weighted by Gasteiger charge is -2.30. The molecule has 1 N–H and O–H groups in total. The number of nitrogens with one attached hydrogen (secondary N) is 1. The van der Waals surface area contributed by atoms with Crippen molar-refractivity contribution < 1.29 is 14.3 Å². The summed E-state index contributed by atoms with van der Waals surface area (Å²) in [6.45, 7) is 4.69. The SMILES string of the molecule is CCCNC(=O)[C@H](CC)N(Cc1ccccc1)C(=O)COc1ccc(Cl)cc1. The number of carbonyl (C=O) groups is 2. The third-order valence-corrected chi connectivity index (χ3v) is 4.56. The number of hydrogen-bond acceptors (Lipinski definition) is 3. The predicted molar refractivity (Wildman–Crippen MR) is 111 cm³/mol. The lowest BCUT2D eigenvalue weighted by Crippen LogP contribution is -2.50. The Kier molecular flexibility index (Phi) is 8.82. The van der Waals surface area contributed by atoms with Crippen LogP contribution in [0.1, 0.15) is 32.3 Å². The number of nitrogens with zero attached hydrogens (tertiary/aromatic N) is 1. The summed E-state index contributed by atoms with van der Waals surface area (Å²) >= 11 is 5.88. The number of carbonyl (C=O) groups excluding carboxylic acids is 2. The Morgan fingerprint density at radius 3 is 2.36 bits per heavy atom. The van der Waals surface area contributed by atoms with E-state index in [4.69, 9.17) is 16.3 Å². The second-order valence-corrected chi connectivity index (χ2v) is 6.90. The second-order valence-electron chi connectivity index (χ2n) is 6.46. The molecule has 0 radical (unpaired) electrons. The lowest BCUT2D eigenvalue weighted by molar-refractivity contribution is -0.143. The molecule has 2 aromatic rings. The van der Waals surface area contributed by atoms with Crippen LogP contribution in [-0.4, -0.2) is 35.9 Å². The van der Waals surface area contributed by atoms with Gasteiger partial charge in [0.15, 0.2) is 6.61 Å². The van der Waals surface area contributed by atoms with Gasteiger partial charge in [0.2, 0.25) is 5.91 Å². The molecular formula is C22H27ClN2O3. The third kappa shape index (κ3) is 6.57. The maximum atomic E-state index is 13.0. The van der Waals surface area contributed by atoms with Crippen molar-refractivity contribution in [2.24, 2.45) is 0 Å². The Morgan fingerprint density at radius 1 is 1.07 bits per heavy atom. The molecule has 0 aliphatic carbocycles. The molecule has 0 saturated carbocycles. The number of ether oxygens (including phenoxy) is 1. The second kappa shape index (κ2) is 11.3. The third-order valence-electron chi connectivity index (χ3n) is 4.31. The quantitative estimate of drug-likeness (QED) is 0.652. The summed E-state index contributed by atoms with van der Waals surface area (Å²) in [6.07, 6.45) is 1.36. The van der Waals surface area contributed by atoms with E-state index in [1.54, 1.807) is 29.2 Å². The van der Waals surface area contributed by atoms with Crippen molar-refractivity contribution >= 4 is 23.4 Å². The predicted octanol–water partition coefficient (Wildman–Crippen LogP) is 4.05. The fourth-order valence-electron chi connectivity index (χ4n) is 2.82. The zero-order chi connectivity index (χ0) is 20.4. The van der Waals surface area contributed by atoms with Gasteiger partial charge in [0, 0.05) is 18.1 Å². The summed E-state index contributed by atoms with van der Waals surface area (Å²) in [5.41, 5.74) is 0.962. The lowest BCUT2D eigenvalue weighted by atomic mass is 10.1. The molecule has 0 heterocycles. The maximum absolute atomic E-state index is 13.0. The van der Waals surface area contributed by atoms with Crippen LogP contribution < -0.4 is 10.1 Å². The molecule has 6 heteroatoms. The molecule has 2 rings (SSSR count). The highest BCUT2D eigenvalue weighted by molar-refractivity contribution is 6.30. The van der Waals surface area contributed by atoms with Gasteiger partial charge >= 0.3 is 0 Å². The molecule has 0 aromatic heterocycles. The Labute approximate surface area is 171 Å². The van der Waals surface area contributed by atoms with Crippen molar-refractivity contribution in [3.8, 4) is 5.75 Å². The highest BCUT2D eigenvalue weighted by Crippen LogP contribution is 2.17. The van der Waals surface area contributed by atoms with Crippen LogP contribution in [0.5, 0.6) is 5.75 Å². The zero-order valence-electron chi connectivity index (χ0n) is 16.4. The highest BCUT2D eigenvalue weighted by Gasteiger charge is 2.28. The van der Waals surface area contributed by atoms with Gasteiger partial charge in [-0.05, 0) is 42.7 Å². The highest BCUT2D eigenvalue weighted by atomic mass is 35.5. The minimum Gasteiger partial charge on any atom is -0.484 e. The van der Waals surface area contributed by atoms with Gasteiger partial charge in [0.1, 0.15) is 11.8 Å². The number of halogens is 1. The average Bonchev–Trinajstić information content (AvgIpc) is 2.72. The summed E-state index contributed by atoms with van der Waals surface area (Å²) in [7, 11) is 0. The molecule has 5 nitrogen and oxygen atoms in total. The molecule has 0 aliphatic heterocycles. The molecule has 2 amide bonds. The first-order valence-corrected chi connectivity index (χ1v) is 9.92. The fourth-order valence-corrected chi connectivity index (χ4v) is 2.95. The smallest absolute Gasteiger partial charge is 0.261 e. The summed E-state index contributed by atoms with van der Waals surface area (Å²) in [6, 6.07) is 15.9. The molecule has 150 valence electrons. The molecule has 0 bridgehead atoms. The molecule has 1 atom stereocenters. The van der Waals surface area contributed by atoms with Crippen molar-refractivity contribution in [3.05, 3.63) is 65.2 Å². The molecule has 0 saturated heterocycles. The van der Waals surface area contributed by atoms with E-state index >= 15 is 0 Å². The van der Waals surface area contributed by atoms with Crippen molar-refractivity contribution in [3.63, 3.8) is 0 Å². The van der Waals surface area contributed by atoms with Gasteiger partial charge in [0.05, 0.1) is 0 Å². The molecular weight excluding hydrogens is 376 g/mol. The van der Waals surface area contributed by atoms with Crippen LogP contribution in [0.4, 0.5) is 0 Å². The number of benzene rings is 2. The van der Waals surface area contributed by atoms with Crippen molar-refractivity contribution in [1.29, 1.82) is 0 Å². The summed E-state index contributed by atoms with van der Waals surface area (Å²) in [5, 5.41) is 3.50. The van der Waals surface area contributed by atoms with E-state index in [1.807, 2.05) is 44.2 Å². The first-order valence-electron chi connectivity index (χ1n) is 9.54. The van der Waals surface area contributed by atoms with Gasteiger partial charge < -0.3 is 15.0 Å². The first kappa shape index (κ1) is 21.8. The normalized spacial score (nSPS) is 11.5. The van der Waals surface area contributed by atoms with Gasteiger partial charge in [0.25, 0.3) is 5.91 Å². The molecule has 0 fully saturated rings. The van der Waals surface area contributed by atoms with Gasteiger partial charge in [-0.25, -0.2) is 0 Å². The van der Waals surface area contributed by atoms with Crippen molar-refractivity contribution in [2.75, 3.05) is 13.2 Å². The van der Waals surface area contributed by atoms with Gasteiger partial charge in [-0.3, -0.25) is 9.59 Å². The van der Waals surface area contributed by atoms with Crippen molar-refractivity contribution in [2.45, 2.75) is 39.3 Å². The van der Waals surface area contributed by atoms with E-state index in [9.17, 15) is 9.59 Å². The standard InChI is InChI=1S/C22H27ClN2O3/c1-3-14-24-22(27)20(4-2)25(15-17-8-6-5-7-9-17)21(26)16-28-19-12-10-18(23)11-13-19/h5-13,20H,3-4,14-16H2,1-2H3,(H,24,27)/t20-/m0/s1. The molecule has 0 spiro atoms. The number of amides is 2. The van der Waals surface area contributed by atoms with Gasteiger partial charge in [-0.1, -0.05) is 55.8 Å². The van der Waals surface area contributed by atoms with E-state index in [0.29, 0.717) is 30.3 Å². The Balaban J connectivity index is 2.14. The molecule has 0 aliphatic rings. The summed E-state index contributed by atoms with van der Waals surface area (Å²) in [5.74, 6) is 0.179. The number of hydrogen-bond donors (Lipinski definition) is 1. The zero-order valence-corrected chi connectivity index (χ0v) is 17.1. The van der Waals surface area contributed by atoms with Crippen LogP contribution >= 0.6 is 11.6 Å². The monoisotopic (exact) mass is 402 g/mol. The van der Waals surface area contributed by atoms with E-state index in [1.165, 1.54) is 0 Å². The molecule has 0 unspecified atom stereocenters. The minimum absolute atomic E-state index is 0.139. The van der Waals surface area contributed by atoms with E-state index < -0.39 is 6.04 Å². The van der Waals surface area contributed by atoms with Crippen LogP contribution in [-0.2, 0) is 16.1 Å². The van der Waals surface area contributed by atoms with Crippen LogP contribution in [0, 0.1) is 0 Å². The number of rotatable bonds is 10. The van der Waals surface area contributed by atoms with Crippen LogP contribution in [0.25, 0.3) is 0 Å².